The van der Waals surface area contributed by atoms with Crippen molar-refractivity contribution in [2.75, 3.05) is 11.6 Å². The summed E-state index contributed by atoms with van der Waals surface area (Å²) in [5, 5.41) is 4.22. The van der Waals surface area contributed by atoms with E-state index in [2.05, 4.69) is 34.3 Å². The fourth-order valence-corrected chi connectivity index (χ4v) is 1.77. The molecule has 4 heteroatoms. The molecule has 0 amide bonds. The average molecular weight is 231 g/mol. The summed E-state index contributed by atoms with van der Waals surface area (Å²) in [6.45, 7) is 2.07. The summed E-state index contributed by atoms with van der Waals surface area (Å²) in [5.74, 6) is 0.824. The monoisotopic (exact) mass is 231 g/mol. The number of aromatic nitrogens is 2. The van der Waals surface area contributed by atoms with Gasteiger partial charge in [0.1, 0.15) is 17.2 Å². The highest BCUT2D eigenvalue weighted by Crippen LogP contribution is 2.18. The van der Waals surface area contributed by atoms with Crippen LogP contribution in [0.4, 0.5) is 11.5 Å². The van der Waals surface area contributed by atoms with Gasteiger partial charge in [-0.1, -0.05) is 12.1 Å². The molecule has 0 atom stereocenters. The van der Waals surface area contributed by atoms with Gasteiger partial charge < -0.3 is 5.32 Å². The van der Waals surface area contributed by atoms with Crippen LogP contribution in [0.15, 0.2) is 41.7 Å². The Balaban J connectivity index is 2.20. The van der Waals surface area contributed by atoms with Crippen LogP contribution in [0, 0.1) is 6.92 Å². The van der Waals surface area contributed by atoms with Gasteiger partial charge in [-0.3, -0.25) is 0 Å². The van der Waals surface area contributed by atoms with Gasteiger partial charge >= 0.3 is 0 Å². The van der Waals surface area contributed by atoms with Crippen LogP contribution in [0.1, 0.15) is 5.56 Å². The van der Waals surface area contributed by atoms with Crippen molar-refractivity contribution in [3.8, 4) is 0 Å². The highest BCUT2D eigenvalue weighted by molar-refractivity contribution is 7.98. The van der Waals surface area contributed by atoms with Crippen LogP contribution in [-0.2, 0) is 0 Å². The second-order valence-corrected chi connectivity index (χ2v) is 4.27. The van der Waals surface area contributed by atoms with Gasteiger partial charge in [0.2, 0.25) is 0 Å². The van der Waals surface area contributed by atoms with Crippen molar-refractivity contribution in [2.24, 2.45) is 0 Å². The van der Waals surface area contributed by atoms with E-state index in [-0.39, 0.29) is 0 Å². The van der Waals surface area contributed by atoms with Gasteiger partial charge in [-0.2, -0.15) is 0 Å². The molecule has 82 valence electrons. The second-order valence-electron chi connectivity index (χ2n) is 3.44. The first-order chi connectivity index (χ1) is 7.78. The van der Waals surface area contributed by atoms with E-state index in [9.17, 15) is 0 Å². The Bertz CT molecular complexity index is 485. The van der Waals surface area contributed by atoms with Gasteiger partial charge in [-0.25, -0.2) is 9.97 Å². The molecule has 1 aromatic heterocycles. The lowest BCUT2D eigenvalue weighted by atomic mass is 10.2. The summed E-state index contributed by atoms with van der Waals surface area (Å²) in [6, 6.07) is 10.1. The summed E-state index contributed by atoms with van der Waals surface area (Å²) < 4.78 is 0. The van der Waals surface area contributed by atoms with Crippen molar-refractivity contribution in [1.29, 1.82) is 0 Å². The molecular formula is C12H13N3S. The molecule has 16 heavy (non-hydrogen) atoms. The molecule has 0 radical (unpaired) electrons. The maximum absolute atomic E-state index is 4.18. The first kappa shape index (κ1) is 11.0. The Labute approximate surface area is 99.3 Å². The maximum Gasteiger partial charge on any atom is 0.134 e. The SMILES string of the molecule is CSc1cc(Nc2cccc(C)c2)ncn1. The van der Waals surface area contributed by atoms with E-state index in [1.165, 1.54) is 5.56 Å². The molecule has 0 aliphatic heterocycles. The molecule has 0 spiro atoms. The number of nitrogens with zero attached hydrogens (tertiary/aromatic N) is 2. The molecule has 2 aromatic rings. The fourth-order valence-electron chi connectivity index (χ4n) is 1.39. The number of hydrogen-bond donors (Lipinski definition) is 1. The molecule has 0 saturated carbocycles. The zero-order valence-electron chi connectivity index (χ0n) is 9.27. The zero-order chi connectivity index (χ0) is 11.4. The molecule has 0 fully saturated rings. The molecule has 0 aliphatic rings. The predicted molar refractivity (Wildman–Crippen MR) is 68.3 cm³/mol. The molecule has 1 heterocycles. The lowest BCUT2D eigenvalue weighted by Crippen LogP contribution is -1.94. The quantitative estimate of drug-likeness (QED) is 0.650. The van der Waals surface area contributed by atoms with Crippen molar-refractivity contribution in [3.05, 3.63) is 42.2 Å². The van der Waals surface area contributed by atoms with Crippen LogP contribution in [0.2, 0.25) is 0 Å². The molecule has 1 N–H and O–H groups in total. The van der Waals surface area contributed by atoms with Gasteiger partial charge in [-0.05, 0) is 30.9 Å². The van der Waals surface area contributed by atoms with Gasteiger partial charge in [0.15, 0.2) is 0 Å². The predicted octanol–water partition coefficient (Wildman–Crippen LogP) is 3.25. The maximum atomic E-state index is 4.18. The van der Waals surface area contributed by atoms with Gasteiger partial charge in [0.25, 0.3) is 0 Å². The zero-order valence-corrected chi connectivity index (χ0v) is 10.1. The third-order valence-corrected chi connectivity index (χ3v) is 2.78. The fraction of sp³-hybridized carbons (Fsp3) is 0.167. The summed E-state index contributed by atoms with van der Waals surface area (Å²) in [5.41, 5.74) is 2.27. The highest BCUT2D eigenvalue weighted by atomic mass is 32.2. The average Bonchev–Trinajstić information content (AvgIpc) is 2.29. The molecule has 0 unspecified atom stereocenters. The molecule has 2 rings (SSSR count). The number of rotatable bonds is 3. The number of nitrogens with one attached hydrogen (secondary N) is 1. The molecule has 3 nitrogen and oxygen atoms in total. The lowest BCUT2D eigenvalue weighted by molar-refractivity contribution is 1.05. The van der Waals surface area contributed by atoms with E-state index in [0.717, 1.165) is 16.5 Å². The summed E-state index contributed by atoms with van der Waals surface area (Å²) in [4.78, 5) is 8.31. The molecule has 0 bridgehead atoms. The van der Waals surface area contributed by atoms with E-state index >= 15 is 0 Å². The minimum absolute atomic E-state index is 0.824. The second kappa shape index (κ2) is 4.99. The van der Waals surface area contributed by atoms with Gasteiger partial charge in [0.05, 0.1) is 0 Å². The third kappa shape index (κ3) is 2.73. The topological polar surface area (TPSA) is 37.8 Å². The Morgan fingerprint density at radius 3 is 2.81 bits per heavy atom. The first-order valence-corrected chi connectivity index (χ1v) is 6.20. The van der Waals surface area contributed by atoms with Gasteiger partial charge in [0, 0.05) is 11.8 Å². The van der Waals surface area contributed by atoms with Crippen LogP contribution in [0.3, 0.4) is 0 Å². The Kier molecular flexibility index (Phi) is 3.41. The Morgan fingerprint density at radius 2 is 2.06 bits per heavy atom. The van der Waals surface area contributed by atoms with Gasteiger partial charge in [-0.15, -0.1) is 11.8 Å². The number of thioether (sulfide) groups is 1. The lowest BCUT2D eigenvalue weighted by Gasteiger charge is -2.06. The van der Waals surface area contributed by atoms with Crippen molar-refractivity contribution < 1.29 is 0 Å². The summed E-state index contributed by atoms with van der Waals surface area (Å²) in [7, 11) is 0. The molecule has 0 aliphatic carbocycles. The van der Waals surface area contributed by atoms with Crippen molar-refractivity contribution in [2.45, 2.75) is 11.9 Å². The Morgan fingerprint density at radius 1 is 1.19 bits per heavy atom. The third-order valence-electron chi connectivity index (χ3n) is 2.14. The number of benzene rings is 1. The van der Waals surface area contributed by atoms with Crippen LogP contribution < -0.4 is 5.32 Å². The van der Waals surface area contributed by atoms with E-state index in [4.69, 9.17) is 0 Å². The van der Waals surface area contributed by atoms with Crippen molar-refractivity contribution >= 4 is 23.3 Å². The van der Waals surface area contributed by atoms with E-state index < -0.39 is 0 Å². The Hall–Kier alpha value is -1.55. The molecule has 0 saturated heterocycles. The van der Waals surface area contributed by atoms with Crippen molar-refractivity contribution in [3.63, 3.8) is 0 Å². The normalized spacial score (nSPS) is 10.1. The largest absolute Gasteiger partial charge is 0.340 e. The number of hydrogen-bond acceptors (Lipinski definition) is 4. The number of aryl methyl sites for hydroxylation is 1. The van der Waals surface area contributed by atoms with E-state index in [1.54, 1.807) is 18.1 Å². The first-order valence-electron chi connectivity index (χ1n) is 4.97. The van der Waals surface area contributed by atoms with Crippen LogP contribution in [-0.4, -0.2) is 16.2 Å². The standard InChI is InChI=1S/C12H13N3S/c1-9-4-3-5-10(6-9)15-11-7-12(16-2)14-8-13-11/h3-8H,1-2H3,(H,13,14,15). The highest BCUT2D eigenvalue weighted by Gasteiger charge is 1.98. The van der Waals surface area contributed by atoms with Crippen molar-refractivity contribution in [1.82, 2.24) is 9.97 Å². The van der Waals surface area contributed by atoms with E-state index in [0.29, 0.717) is 0 Å². The van der Waals surface area contributed by atoms with Crippen LogP contribution in [0.5, 0.6) is 0 Å². The minimum atomic E-state index is 0.824. The number of anilines is 2. The van der Waals surface area contributed by atoms with Crippen LogP contribution >= 0.6 is 11.8 Å². The minimum Gasteiger partial charge on any atom is -0.340 e. The molecule has 1 aromatic carbocycles. The molecular weight excluding hydrogens is 218 g/mol. The van der Waals surface area contributed by atoms with E-state index in [1.807, 2.05) is 24.5 Å². The summed E-state index contributed by atoms with van der Waals surface area (Å²) >= 11 is 1.61. The van der Waals surface area contributed by atoms with Crippen LogP contribution in [0.25, 0.3) is 0 Å². The summed E-state index contributed by atoms with van der Waals surface area (Å²) in [6.07, 6.45) is 3.57. The smallest absolute Gasteiger partial charge is 0.134 e.